The van der Waals surface area contributed by atoms with E-state index < -0.39 is 0 Å². The van der Waals surface area contributed by atoms with Crippen molar-refractivity contribution in [2.45, 2.75) is 20.8 Å². The lowest BCUT2D eigenvalue weighted by Gasteiger charge is -2.12. The van der Waals surface area contributed by atoms with Crippen LogP contribution in [0.4, 0.5) is 0 Å². The van der Waals surface area contributed by atoms with E-state index in [1.54, 1.807) is 0 Å². The molecule has 10 rings (SSSR count). The zero-order chi connectivity index (χ0) is 36.8. The molecular weight excluding hydrogens is 677 g/mol. The third-order valence-electron chi connectivity index (χ3n) is 10.1. The van der Waals surface area contributed by atoms with Crippen LogP contribution in [0.25, 0.3) is 75.2 Å². The minimum Gasteiger partial charge on any atom is -0.309 e. The van der Waals surface area contributed by atoms with Crippen molar-refractivity contribution in [2.75, 3.05) is 0 Å². The van der Waals surface area contributed by atoms with Crippen molar-refractivity contribution in [3.63, 3.8) is 0 Å². The lowest BCUT2D eigenvalue weighted by atomic mass is 10.1. The molecule has 3 aromatic heterocycles. The van der Waals surface area contributed by atoms with Crippen LogP contribution < -0.4 is 0 Å². The molecule has 0 aliphatic heterocycles. The van der Waals surface area contributed by atoms with Gasteiger partial charge in [0.2, 0.25) is 5.96 Å². The summed E-state index contributed by atoms with van der Waals surface area (Å²) in [6, 6.07) is 57.8. The third-order valence-corrected chi connectivity index (χ3v) is 11.2. The molecule has 0 saturated carbocycles. The van der Waals surface area contributed by atoms with Gasteiger partial charge in [-0.3, -0.25) is 4.57 Å². The summed E-state index contributed by atoms with van der Waals surface area (Å²) >= 11 is 1.84. The quantitative estimate of drug-likeness (QED) is 0.128. The van der Waals surface area contributed by atoms with Crippen LogP contribution in [-0.4, -0.2) is 20.8 Å². The Balaban J connectivity index is 0.00000189. The number of hydrogen-bond donors (Lipinski definition) is 0. The number of para-hydroxylation sites is 2. The number of thiophene rings is 1. The molecule has 0 unspecified atom stereocenters. The lowest BCUT2D eigenvalue weighted by Crippen LogP contribution is -2.12. The highest BCUT2D eigenvalue weighted by Gasteiger charge is 2.23. The molecule has 0 aliphatic rings. The maximum atomic E-state index is 5.40. The SMILES string of the molecule is C=C(N=C(/N=C(\C)c1ccccc1)n1c2cc3c(cc2c2ccc4c(c5ccccc5n4-c4ccccc4)c21)sc1ccccc13)c1ccccc1.CC. The summed E-state index contributed by atoms with van der Waals surface area (Å²) in [7, 11) is 0. The number of fused-ring (bicyclic) bond motifs is 10. The minimum absolute atomic E-state index is 0.568. The summed E-state index contributed by atoms with van der Waals surface area (Å²) < 4.78 is 7.20. The number of aromatic nitrogens is 2. The van der Waals surface area contributed by atoms with E-state index in [1.165, 1.54) is 25.6 Å². The van der Waals surface area contributed by atoms with Gasteiger partial charge in [-0.25, -0.2) is 9.98 Å². The summed E-state index contributed by atoms with van der Waals surface area (Å²) in [5.74, 6) is 0.568. The Morgan fingerprint density at radius 1 is 0.519 bits per heavy atom. The topological polar surface area (TPSA) is 34.6 Å². The van der Waals surface area contributed by atoms with Gasteiger partial charge in [0, 0.05) is 53.1 Å². The fourth-order valence-electron chi connectivity index (χ4n) is 7.67. The summed E-state index contributed by atoms with van der Waals surface area (Å²) in [6.07, 6.45) is 0. The third kappa shape index (κ3) is 5.44. The van der Waals surface area contributed by atoms with Crippen molar-refractivity contribution in [1.29, 1.82) is 0 Å². The molecule has 0 bridgehead atoms. The zero-order valence-electron chi connectivity index (χ0n) is 30.5. The van der Waals surface area contributed by atoms with Gasteiger partial charge in [-0.05, 0) is 60.5 Å². The zero-order valence-corrected chi connectivity index (χ0v) is 31.3. The molecule has 10 aromatic rings. The number of nitrogens with zero attached hydrogens (tertiary/aromatic N) is 4. The Kier molecular flexibility index (Phi) is 8.49. The fraction of sp³-hybridized carbons (Fsp3) is 0.0612. The van der Waals surface area contributed by atoms with Crippen LogP contribution >= 0.6 is 11.3 Å². The maximum absolute atomic E-state index is 5.40. The van der Waals surface area contributed by atoms with Gasteiger partial charge in [0.25, 0.3) is 0 Å². The number of hydrogen-bond acceptors (Lipinski definition) is 2. The monoisotopic (exact) mass is 714 g/mol. The Morgan fingerprint density at radius 3 is 1.89 bits per heavy atom. The summed E-state index contributed by atoms with van der Waals surface area (Å²) in [5.41, 5.74) is 9.03. The highest BCUT2D eigenvalue weighted by atomic mass is 32.1. The molecule has 54 heavy (non-hydrogen) atoms. The van der Waals surface area contributed by atoms with E-state index in [0.717, 1.165) is 60.8 Å². The highest BCUT2D eigenvalue weighted by Crippen LogP contribution is 2.44. The number of benzene rings is 7. The van der Waals surface area contributed by atoms with Crippen LogP contribution in [0.15, 0.2) is 180 Å². The van der Waals surface area contributed by atoms with E-state index in [-0.39, 0.29) is 0 Å². The van der Waals surface area contributed by atoms with Gasteiger partial charge in [0.15, 0.2) is 0 Å². The average Bonchev–Trinajstić information content (AvgIpc) is 3.88. The minimum atomic E-state index is 0.568. The van der Waals surface area contributed by atoms with Gasteiger partial charge in [-0.15, -0.1) is 11.3 Å². The molecule has 7 aromatic carbocycles. The van der Waals surface area contributed by atoms with E-state index in [1.807, 2.05) is 49.4 Å². The molecule has 3 heterocycles. The van der Waals surface area contributed by atoms with Crippen LogP contribution in [0.2, 0.25) is 0 Å². The molecule has 5 heteroatoms. The maximum Gasteiger partial charge on any atom is 0.235 e. The molecule has 0 aliphatic carbocycles. The number of aliphatic imine (C=N–C) groups is 2. The Labute approximate surface area is 318 Å². The largest absolute Gasteiger partial charge is 0.309 e. The first-order valence-electron chi connectivity index (χ1n) is 18.5. The predicted molar refractivity (Wildman–Crippen MR) is 235 cm³/mol. The van der Waals surface area contributed by atoms with Crippen molar-refractivity contribution in [3.8, 4) is 5.69 Å². The van der Waals surface area contributed by atoms with E-state index in [2.05, 4.69) is 162 Å². The standard InChI is InChI=1S/C47H32N4S.C2H6/c1-30(32-16-6-3-7-17-32)48-47(49-31(2)33-18-8-4-9-19-33)51-42-28-39-35-22-13-15-25-43(35)52-44(39)29-38(42)36-26-27-41-45(46(36)51)37-23-12-14-24-40(37)50(41)34-20-10-5-11-21-34;1-2/h3-29H,1H2,2H3;1-2H3/b48-47?,49-31+;. The molecule has 0 saturated heterocycles. The summed E-state index contributed by atoms with van der Waals surface area (Å²) in [6.45, 7) is 10.5. The second-order valence-corrected chi connectivity index (χ2v) is 14.2. The highest BCUT2D eigenvalue weighted by molar-refractivity contribution is 7.25. The first kappa shape index (κ1) is 33.3. The van der Waals surface area contributed by atoms with Crippen molar-refractivity contribution in [3.05, 3.63) is 181 Å². The van der Waals surface area contributed by atoms with Crippen LogP contribution in [0.1, 0.15) is 31.9 Å². The first-order valence-corrected chi connectivity index (χ1v) is 19.3. The smallest absolute Gasteiger partial charge is 0.235 e. The Hall–Kier alpha value is -6.56. The van der Waals surface area contributed by atoms with Crippen LogP contribution in [0, 0.1) is 0 Å². The molecule has 0 radical (unpaired) electrons. The summed E-state index contributed by atoms with van der Waals surface area (Å²) in [4.78, 5) is 10.7. The van der Waals surface area contributed by atoms with Gasteiger partial charge in [-0.2, -0.15) is 0 Å². The van der Waals surface area contributed by atoms with Gasteiger partial charge in [0.1, 0.15) is 0 Å². The Bertz CT molecular complexity index is 3070. The van der Waals surface area contributed by atoms with Gasteiger partial charge in [0.05, 0.1) is 27.8 Å². The van der Waals surface area contributed by atoms with E-state index in [9.17, 15) is 0 Å². The average molecular weight is 715 g/mol. The normalized spacial score (nSPS) is 12.3. The molecule has 0 fully saturated rings. The van der Waals surface area contributed by atoms with E-state index >= 15 is 0 Å². The van der Waals surface area contributed by atoms with Crippen molar-refractivity contribution >= 4 is 92.5 Å². The summed E-state index contributed by atoms with van der Waals surface area (Å²) in [5, 5.41) is 7.13. The molecular formula is C49H38N4S. The van der Waals surface area contributed by atoms with Crippen LogP contribution in [0.5, 0.6) is 0 Å². The van der Waals surface area contributed by atoms with Crippen LogP contribution in [0.3, 0.4) is 0 Å². The van der Waals surface area contributed by atoms with E-state index in [4.69, 9.17) is 9.98 Å². The fourth-order valence-corrected chi connectivity index (χ4v) is 8.80. The molecule has 0 N–H and O–H groups in total. The molecule has 0 amide bonds. The van der Waals surface area contributed by atoms with Crippen molar-refractivity contribution in [1.82, 2.24) is 9.13 Å². The van der Waals surface area contributed by atoms with Crippen molar-refractivity contribution < 1.29 is 0 Å². The first-order chi connectivity index (χ1) is 26.6. The second kappa shape index (κ2) is 13.8. The molecule has 260 valence electrons. The Morgan fingerprint density at radius 2 is 1.15 bits per heavy atom. The van der Waals surface area contributed by atoms with Crippen LogP contribution in [-0.2, 0) is 0 Å². The predicted octanol–water partition coefficient (Wildman–Crippen LogP) is 13.7. The number of rotatable bonds is 4. The molecule has 0 spiro atoms. The molecule has 0 atom stereocenters. The van der Waals surface area contributed by atoms with Gasteiger partial charge in [-0.1, -0.05) is 142 Å². The van der Waals surface area contributed by atoms with E-state index in [0.29, 0.717) is 11.7 Å². The second-order valence-electron chi connectivity index (χ2n) is 13.1. The molecule has 4 nitrogen and oxygen atoms in total. The lowest BCUT2D eigenvalue weighted by molar-refractivity contribution is 1.18. The van der Waals surface area contributed by atoms with Gasteiger partial charge >= 0.3 is 0 Å². The van der Waals surface area contributed by atoms with Crippen molar-refractivity contribution in [2.24, 2.45) is 9.98 Å². The van der Waals surface area contributed by atoms with Gasteiger partial charge < -0.3 is 4.57 Å².